The maximum atomic E-state index is 13.2. The van der Waals surface area contributed by atoms with Gasteiger partial charge in [0.15, 0.2) is 0 Å². The van der Waals surface area contributed by atoms with Gasteiger partial charge in [0.1, 0.15) is 0 Å². The Morgan fingerprint density at radius 2 is 1.66 bits per heavy atom. The zero-order valence-corrected chi connectivity index (χ0v) is 21.3. The van der Waals surface area contributed by atoms with Gasteiger partial charge in [-0.2, -0.15) is 0 Å². The van der Waals surface area contributed by atoms with E-state index in [4.69, 9.17) is 4.74 Å². The number of amides is 1. The first-order chi connectivity index (χ1) is 14.8. The minimum absolute atomic E-state index is 0.109. The van der Waals surface area contributed by atoms with Crippen LogP contribution in [0.3, 0.4) is 0 Å². The third-order valence-corrected chi connectivity index (χ3v) is 9.23. The lowest BCUT2D eigenvalue weighted by Gasteiger charge is -2.46. The lowest BCUT2D eigenvalue weighted by molar-refractivity contribution is -0.146. The molecule has 11 heteroatoms. The van der Waals surface area contributed by atoms with E-state index >= 15 is 0 Å². The molecule has 0 aromatic rings. The number of carbonyl (C=O) groups excluding carboxylic acids is 1. The van der Waals surface area contributed by atoms with E-state index in [2.05, 4.69) is 18.6 Å². The maximum Gasteiger partial charge on any atom is 0.228 e. The Balaban J connectivity index is 1.65. The monoisotopic (exact) mass is 493 g/mol. The third-order valence-electron chi connectivity index (χ3n) is 7.26. The number of nitrogens with zero attached hydrogens (tertiary/aromatic N) is 2. The Morgan fingerprint density at radius 1 is 1.03 bits per heavy atom. The molecule has 0 spiro atoms. The number of ether oxygens (including phenoxy) is 1. The molecule has 2 aliphatic heterocycles. The second kappa shape index (κ2) is 10.2. The molecule has 9 nitrogen and oxygen atoms in total. The molecular weight excluding hydrogens is 454 g/mol. The van der Waals surface area contributed by atoms with Crippen LogP contribution in [0.15, 0.2) is 0 Å². The van der Waals surface area contributed by atoms with Crippen molar-refractivity contribution in [2.24, 2.45) is 17.8 Å². The number of likely N-dealkylation sites (tertiary alicyclic amines) is 1. The van der Waals surface area contributed by atoms with Gasteiger partial charge in [0.05, 0.1) is 37.2 Å². The molecule has 3 rings (SSSR count). The number of rotatable bonds is 8. The molecule has 3 aliphatic rings. The second-order valence-electron chi connectivity index (χ2n) is 10.1. The number of carbonyl (C=O) groups is 1. The largest absolute Gasteiger partial charge is 0.376 e. The summed E-state index contributed by atoms with van der Waals surface area (Å²) < 4.78 is 57.5. The number of piperidine rings is 1. The van der Waals surface area contributed by atoms with Crippen LogP contribution in [0.25, 0.3) is 0 Å². The van der Waals surface area contributed by atoms with Crippen molar-refractivity contribution in [3.8, 4) is 0 Å². The fraction of sp³-hybridized carbons (Fsp3) is 0.952. The Bertz CT molecular complexity index is 862. The second-order valence-corrected chi connectivity index (χ2v) is 13.9. The van der Waals surface area contributed by atoms with Crippen molar-refractivity contribution in [1.29, 1.82) is 0 Å². The molecule has 0 radical (unpaired) electrons. The molecule has 1 saturated carbocycles. The maximum absolute atomic E-state index is 13.2. The molecule has 1 aliphatic carbocycles. The standard InChI is InChI=1S/C21H39N3O6S2/c1-15(2)16-7-9-18(10-8-16)30-14-20-19(22-31(3,26)27)6-5-11-24(20)21(25)17-12-23(13-17)32(4,28)29/h15-20,22H,5-14H2,1-4H3/t16-,18+,19-,20-/m0/s1. The molecule has 3 fully saturated rings. The normalized spacial score (nSPS) is 31.0. The van der Waals surface area contributed by atoms with Crippen molar-refractivity contribution in [2.45, 2.75) is 70.6 Å². The smallest absolute Gasteiger partial charge is 0.228 e. The van der Waals surface area contributed by atoms with Gasteiger partial charge in [-0.3, -0.25) is 4.79 Å². The van der Waals surface area contributed by atoms with Crippen LogP contribution in [0.2, 0.25) is 0 Å². The van der Waals surface area contributed by atoms with E-state index < -0.39 is 26.1 Å². The van der Waals surface area contributed by atoms with Crippen LogP contribution in [-0.4, -0.2) is 88.9 Å². The highest BCUT2D eigenvalue weighted by atomic mass is 32.2. The fourth-order valence-electron chi connectivity index (χ4n) is 5.21. The van der Waals surface area contributed by atoms with Crippen molar-refractivity contribution < 1.29 is 26.4 Å². The summed E-state index contributed by atoms with van der Waals surface area (Å²) >= 11 is 0. The molecular formula is C21H39N3O6S2. The Labute approximate surface area is 193 Å². The molecule has 32 heavy (non-hydrogen) atoms. The summed E-state index contributed by atoms with van der Waals surface area (Å²) in [5, 5.41) is 0. The molecule has 186 valence electrons. The van der Waals surface area contributed by atoms with Crippen molar-refractivity contribution >= 4 is 26.0 Å². The first-order valence-corrected chi connectivity index (χ1v) is 15.4. The highest BCUT2D eigenvalue weighted by Crippen LogP contribution is 2.32. The van der Waals surface area contributed by atoms with E-state index in [1.807, 2.05) is 0 Å². The molecule has 1 N–H and O–H groups in total. The Kier molecular flexibility index (Phi) is 8.28. The number of hydrogen-bond donors (Lipinski definition) is 1. The molecule has 1 amide bonds. The van der Waals surface area contributed by atoms with Crippen LogP contribution in [0, 0.1) is 17.8 Å². The summed E-state index contributed by atoms with van der Waals surface area (Å²) in [5.41, 5.74) is 0. The highest BCUT2D eigenvalue weighted by Gasteiger charge is 2.44. The van der Waals surface area contributed by atoms with Crippen LogP contribution in [0.5, 0.6) is 0 Å². The summed E-state index contributed by atoms with van der Waals surface area (Å²) in [7, 11) is -6.74. The zero-order valence-electron chi connectivity index (χ0n) is 19.7. The van der Waals surface area contributed by atoms with Crippen LogP contribution >= 0.6 is 0 Å². The molecule has 0 aromatic carbocycles. The SMILES string of the molecule is CC(C)[C@H]1CC[C@@H](OC[C@H]2[C@@H](NS(C)(=O)=O)CCCN2C(=O)C2CN(S(C)(=O)=O)C2)CC1. The van der Waals surface area contributed by atoms with E-state index in [0.29, 0.717) is 31.9 Å². The summed E-state index contributed by atoms with van der Waals surface area (Å²) in [6.07, 6.45) is 7.97. The lowest BCUT2D eigenvalue weighted by Crippen LogP contribution is -2.63. The van der Waals surface area contributed by atoms with Crippen molar-refractivity contribution in [3.05, 3.63) is 0 Å². The number of nitrogens with one attached hydrogen (secondary N) is 1. The minimum Gasteiger partial charge on any atom is -0.376 e. The molecule has 2 atom stereocenters. The average molecular weight is 494 g/mol. The molecule has 0 unspecified atom stereocenters. The summed E-state index contributed by atoms with van der Waals surface area (Å²) in [6, 6.07) is -0.790. The van der Waals surface area contributed by atoms with Gasteiger partial charge < -0.3 is 9.64 Å². The van der Waals surface area contributed by atoms with Gasteiger partial charge in [-0.1, -0.05) is 13.8 Å². The summed E-state index contributed by atoms with van der Waals surface area (Å²) in [5.74, 6) is 0.895. The lowest BCUT2D eigenvalue weighted by atomic mass is 9.80. The van der Waals surface area contributed by atoms with Crippen molar-refractivity contribution in [2.75, 3.05) is 38.8 Å². The predicted octanol–water partition coefficient (Wildman–Crippen LogP) is 1.02. The van der Waals surface area contributed by atoms with Crippen LogP contribution in [-0.2, 0) is 29.6 Å². The first-order valence-electron chi connectivity index (χ1n) is 11.7. The van der Waals surface area contributed by atoms with E-state index in [9.17, 15) is 21.6 Å². The van der Waals surface area contributed by atoms with Crippen molar-refractivity contribution in [1.82, 2.24) is 13.9 Å². The van der Waals surface area contributed by atoms with Gasteiger partial charge >= 0.3 is 0 Å². The van der Waals surface area contributed by atoms with E-state index in [-0.39, 0.29) is 37.1 Å². The molecule has 2 saturated heterocycles. The molecule has 2 heterocycles. The third kappa shape index (κ3) is 6.65. The van der Waals surface area contributed by atoms with Gasteiger partial charge in [-0.25, -0.2) is 25.9 Å². The summed E-state index contributed by atoms with van der Waals surface area (Å²) in [4.78, 5) is 14.9. The van der Waals surface area contributed by atoms with Gasteiger partial charge in [0.2, 0.25) is 26.0 Å². The zero-order chi connectivity index (χ0) is 23.7. The van der Waals surface area contributed by atoms with Gasteiger partial charge in [0.25, 0.3) is 0 Å². The fourth-order valence-corrected chi connectivity index (χ4v) is 6.93. The quantitative estimate of drug-likeness (QED) is 0.540. The first kappa shape index (κ1) is 25.9. The number of sulfonamides is 2. The minimum atomic E-state index is -3.44. The molecule has 0 bridgehead atoms. The van der Waals surface area contributed by atoms with E-state index in [1.54, 1.807) is 4.90 Å². The molecule has 0 aromatic heterocycles. The number of hydrogen-bond acceptors (Lipinski definition) is 6. The topological polar surface area (TPSA) is 113 Å². The highest BCUT2D eigenvalue weighted by molar-refractivity contribution is 7.88. The predicted molar refractivity (Wildman–Crippen MR) is 123 cm³/mol. The van der Waals surface area contributed by atoms with E-state index in [1.165, 1.54) is 4.31 Å². The van der Waals surface area contributed by atoms with Crippen LogP contribution < -0.4 is 4.72 Å². The summed E-state index contributed by atoms with van der Waals surface area (Å²) in [6.45, 7) is 5.70. The van der Waals surface area contributed by atoms with Crippen LogP contribution in [0.1, 0.15) is 52.4 Å². The average Bonchev–Trinajstić information content (AvgIpc) is 2.63. The van der Waals surface area contributed by atoms with Gasteiger partial charge in [0, 0.05) is 25.7 Å². The van der Waals surface area contributed by atoms with Crippen molar-refractivity contribution in [3.63, 3.8) is 0 Å². The van der Waals surface area contributed by atoms with Gasteiger partial charge in [-0.15, -0.1) is 0 Å². The van der Waals surface area contributed by atoms with E-state index in [0.717, 1.165) is 44.1 Å². The Morgan fingerprint density at radius 3 is 2.19 bits per heavy atom. The van der Waals surface area contributed by atoms with Crippen LogP contribution in [0.4, 0.5) is 0 Å². The Hall–Kier alpha value is -0.750. The van der Waals surface area contributed by atoms with Gasteiger partial charge in [-0.05, 0) is 50.4 Å².